The Balaban J connectivity index is 1.90. The van der Waals surface area contributed by atoms with E-state index in [-0.39, 0.29) is 5.57 Å². The van der Waals surface area contributed by atoms with Crippen molar-refractivity contribution in [2.45, 2.75) is 45.4 Å². The number of carbonyl (C=O) groups is 1. The van der Waals surface area contributed by atoms with E-state index in [0.717, 1.165) is 17.5 Å². The number of rotatable bonds is 10. The summed E-state index contributed by atoms with van der Waals surface area (Å²) in [5.41, 5.74) is 3.62. The number of benzene rings is 2. The van der Waals surface area contributed by atoms with E-state index in [1.807, 2.05) is 12.1 Å². The van der Waals surface area contributed by atoms with Crippen molar-refractivity contribution in [1.29, 1.82) is 0 Å². The molecule has 138 valence electrons. The first-order chi connectivity index (χ1) is 12.6. The van der Waals surface area contributed by atoms with Crippen LogP contribution in [0.1, 0.15) is 44.6 Å². The van der Waals surface area contributed by atoms with Gasteiger partial charge in [0.1, 0.15) is 5.75 Å². The summed E-state index contributed by atoms with van der Waals surface area (Å²) in [7, 11) is 0. The van der Waals surface area contributed by atoms with Gasteiger partial charge in [0.05, 0.1) is 12.2 Å². The van der Waals surface area contributed by atoms with Gasteiger partial charge in [-0.15, -0.1) is 0 Å². The highest BCUT2D eigenvalue weighted by Gasteiger charge is 2.08. The van der Waals surface area contributed by atoms with Crippen LogP contribution in [0.3, 0.4) is 0 Å². The lowest BCUT2D eigenvalue weighted by atomic mass is 10.0. The van der Waals surface area contributed by atoms with Crippen molar-refractivity contribution in [1.82, 2.24) is 0 Å². The highest BCUT2D eigenvalue weighted by molar-refractivity contribution is 5.89. The van der Waals surface area contributed by atoms with E-state index in [1.165, 1.54) is 37.7 Å². The fourth-order valence-electron chi connectivity index (χ4n) is 2.76. The lowest BCUT2D eigenvalue weighted by Gasteiger charge is -2.07. The molecule has 0 saturated heterocycles. The Morgan fingerprint density at radius 2 is 1.50 bits per heavy atom. The van der Waals surface area contributed by atoms with Gasteiger partial charge in [-0.1, -0.05) is 75.6 Å². The molecule has 0 heterocycles. The molecule has 2 aromatic rings. The Morgan fingerprint density at radius 1 is 0.923 bits per heavy atom. The molecule has 0 amide bonds. The van der Waals surface area contributed by atoms with Gasteiger partial charge in [0.2, 0.25) is 0 Å². The van der Waals surface area contributed by atoms with E-state index in [0.29, 0.717) is 5.75 Å². The van der Waals surface area contributed by atoms with Crippen LogP contribution in [0.25, 0.3) is 11.1 Å². The molecule has 1 N–H and O–H groups in total. The molecule has 0 saturated carbocycles. The van der Waals surface area contributed by atoms with Crippen LogP contribution >= 0.6 is 0 Å². The number of hydrogen-bond acceptors (Lipinski definition) is 3. The SMILES string of the molecule is C=C(CO)C(=O)Oc1ccc(-c2ccc(CCCCCCC)cc2)cc1. The first-order valence-corrected chi connectivity index (χ1v) is 9.34. The smallest absolute Gasteiger partial charge is 0.341 e. The molecule has 3 heteroatoms. The van der Waals surface area contributed by atoms with Crippen LogP contribution in [-0.2, 0) is 11.2 Å². The highest BCUT2D eigenvalue weighted by atomic mass is 16.5. The normalized spacial score (nSPS) is 10.5. The summed E-state index contributed by atoms with van der Waals surface area (Å²) in [6, 6.07) is 16.0. The molecular formula is C23H28O3. The quantitative estimate of drug-likeness (QED) is 0.272. The van der Waals surface area contributed by atoms with Crippen LogP contribution in [0.15, 0.2) is 60.7 Å². The predicted molar refractivity (Wildman–Crippen MR) is 106 cm³/mol. The summed E-state index contributed by atoms with van der Waals surface area (Å²) in [5.74, 6) is -0.166. The van der Waals surface area contributed by atoms with Crippen molar-refractivity contribution in [2.75, 3.05) is 6.61 Å². The van der Waals surface area contributed by atoms with Crippen LogP contribution < -0.4 is 4.74 Å². The van der Waals surface area contributed by atoms with Gasteiger partial charge in [-0.3, -0.25) is 0 Å². The van der Waals surface area contributed by atoms with Gasteiger partial charge in [0, 0.05) is 0 Å². The van der Waals surface area contributed by atoms with Gasteiger partial charge in [0.25, 0.3) is 0 Å². The maximum atomic E-state index is 11.6. The molecule has 0 aromatic heterocycles. The first-order valence-electron chi connectivity index (χ1n) is 9.34. The van der Waals surface area contributed by atoms with Gasteiger partial charge in [0.15, 0.2) is 0 Å². The Bertz CT molecular complexity index is 699. The molecule has 0 bridgehead atoms. The Hall–Kier alpha value is -2.39. The largest absolute Gasteiger partial charge is 0.423 e. The summed E-state index contributed by atoms with van der Waals surface area (Å²) in [4.78, 5) is 11.6. The Labute approximate surface area is 156 Å². The minimum absolute atomic E-state index is 0.0411. The van der Waals surface area contributed by atoms with Crippen LogP contribution in [0, 0.1) is 0 Å². The van der Waals surface area contributed by atoms with E-state index in [9.17, 15) is 4.79 Å². The topological polar surface area (TPSA) is 46.5 Å². The third kappa shape index (κ3) is 6.16. The summed E-state index contributed by atoms with van der Waals surface area (Å²) < 4.78 is 5.15. The zero-order valence-electron chi connectivity index (χ0n) is 15.5. The molecule has 0 radical (unpaired) electrons. The fraction of sp³-hybridized carbons (Fsp3) is 0.348. The zero-order chi connectivity index (χ0) is 18.8. The number of aliphatic hydroxyl groups is 1. The van der Waals surface area contributed by atoms with Crippen molar-refractivity contribution in [3.05, 3.63) is 66.2 Å². The number of aliphatic hydroxyl groups excluding tert-OH is 1. The third-order valence-electron chi connectivity index (χ3n) is 4.40. The molecule has 0 spiro atoms. The van der Waals surface area contributed by atoms with Gasteiger partial charge in [-0.25, -0.2) is 4.79 Å². The standard InChI is InChI=1S/C23H28O3/c1-3-4-5-6-7-8-19-9-11-20(12-10-19)21-13-15-22(16-14-21)26-23(25)18(2)17-24/h9-16,24H,2-8,17H2,1H3. The summed E-state index contributed by atoms with van der Waals surface area (Å²) in [5, 5.41) is 8.89. The van der Waals surface area contributed by atoms with Crippen molar-refractivity contribution in [3.63, 3.8) is 0 Å². The van der Waals surface area contributed by atoms with Gasteiger partial charge < -0.3 is 9.84 Å². The highest BCUT2D eigenvalue weighted by Crippen LogP contribution is 2.23. The summed E-state index contributed by atoms with van der Waals surface area (Å²) in [6.45, 7) is 5.29. The van der Waals surface area contributed by atoms with Crippen LogP contribution in [0.4, 0.5) is 0 Å². The Kier molecular flexibility index (Phi) is 8.10. The molecule has 0 fully saturated rings. The average Bonchev–Trinajstić information content (AvgIpc) is 2.68. The van der Waals surface area contributed by atoms with Gasteiger partial charge in [-0.05, 0) is 41.7 Å². The second-order valence-electron chi connectivity index (χ2n) is 6.54. The number of aryl methyl sites for hydroxylation is 1. The van der Waals surface area contributed by atoms with Crippen molar-refractivity contribution >= 4 is 5.97 Å². The summed E-state index contributed by atoms with van der Waals surface area (Å²) >= 11 is 0. The third-order valence-corrected chi connectivity index (χ3v) is 4.40. The minimum atomic E-state index is -0.608. The second-order valence-corrected chi connectivity index (χ2v) is 6.54. The van der Waals surface area contributed by atoms with Gasteiger partial charge in [-0.2, -0.15) is 0 Å². The van der Waals surface area contributed by atoms with Crippen molar-refractivity contribution in [3.8, 4) is 16.9 Å². The van der Waals surface area contributed by atoms with Crippen LogP contribution in [-0.4, -0.2) is 17.7 Å². The molecule has 0 aliphatic rings. The van der Waals surface area contributed by atoms with Crippen molar-refractivity contribution < 1.29 is 14.6 Å². The summed E-state index contributed by atoms with van der Waals surface area (Å²) in [6.07, 6.45) is 7.63. The number of hydrogen-bond donors (Lipinski definition) is 1. The molecule has 2 rings (SSSR count). The average molecular weight is 352 g/mol. The molecule has 0 aliphatic carbocycles. The number of unbranched alkanes of at least 4 members (excludes halogenated alkanes) is 4. The molecule has 2 aromatic carbocycles. The van der Waals surface area contributed by atoms with Gasteiger partial charge >= 0.3 is 5.97 Å². The first kappa shape index (κ1) is 19.9. The minimum Gasteiger partial charge on any atom is -0.423 e. The fourth-order valence-corrected chi connectivity index (χ4v) is 2.76. The lowest BCUT2D eigenvalue weighted by Crippen LogP contribution is -2.12. The van der Waals surface area contributed by atoms with E-state index in [4.69, 9.17) is 9.84 Å². The molecular weight excluding hydrogens is 324 g/mol. The van der Waals surface area contributed by atoms with E-state index in [1.54, 1.807) is 12.1 Å². The maximum Gasteiger partial charge on any atom is 0.341 e. The molecule has 0 atom stereocenters. The molecule has 0 aliphatic heterocycles. The molecule has 26 heavy (non-hydrogen) atoms. The molecule has 3 nitrogen and oxygen atoms in total. The monoisotopic (exact) mass is 352 g/mol. The second kappa shape index (κ2) is 10.6. The maximum absolute atomic E-state index is 11.6. The van der Waals surface area contributed by atoms with Crippen molar-refractivity contribution in [2.24, 2.45) is 0 Å². The lowest BCUT2D eigenvalue weighted by molar-refractivity contribution is -0.130. The predicted octanol–water partition coefficient (Wildman–Crippen LogP) is 5.32. The number of ether oxygens (including phenoxy) is 1. The Morgan fingerprint density at radius 3 is 2.08 bits per heavy atom. The number of esters is 1. The van der Waals surface area contributed by atoms with Crippen LogP contribution in [0.5, 0.6) is 5.75 Å². The zero-order valence-corrected chi connectivity index (χ0v) is 15.5. The van der Waals surface area contributed by atoms with E-state index >= 15 is 0 Å². The van der Waals surface area contributed by atoms with Crippen LogP contribution in [0.2, 0.25) is 0 Å². The molecule has 0 unspecified atom stereocenters. The van der Waals surface area contributed by atoms with E-state index < -0.39 is 12.6 Å². The number of carbonyl (C=O) groups excluding carboxylic acids is 1. The van der Waals surface area contributed by atoms with E-state index in [2.05, 4.69) is 37.8 Å².